The monoisotopic (exact) mass is 249 g/mol. The van der Waals surface area contributed by atoms with Gasteiger partial charge in [-0.3, -0.25) is 4.79 Å². The Kier molecular flexibility index (Phi) is 4.18. The van der Waals surface area contributed by atoms with Crippen LogP contribution in [0.3, 0.4) is 0 Å². The van der Waals surface area contributed by atoms with Crippen LogP contribution in [0.2, 0.25) is 0 Å². The number of aryl methyl sites for hydroxylation is 1. The van der Waals surface area contributed by atoms with Crippen molar-refractivity contribution in [3.05, 3.63) is 23.9 Å². The van der Waals surface area contributed by atoms with E-state index < -0.39 is 0 Å². The van der Waals surface area contributed by atoms with Gasteiger partial charge < -0.3 is 9.47 Å². The fraction of sp³-hybridized carbons (Fsp3) is 0.571. The molecule has 0 spiro atoms. The molecule has 0 amide bonds. The minimum atomic E-state index is -0.0955. The van der Waals surface area contributed by atoms with E-state index in [-0.39, 0.29) is 18.0 Å². The predicted molar refractivity (Wildman–Crippen MR) is 67.4 cm³/mol. The first-order valence-electron chi connectivity index (χ1n) is 6.36. The van der Waals surface area contributed by atoms with Crippen molar-refractivity contribution in [2.75, 3.05) is 7.11 Å². The summed E-state index contributed by atoms with van der Waals surface area (Å²) in [7, 11) is 1.45. The van der Waals surface area contributed by atoms with Gasteiger partial charge in [-0.1, -0.05) is 6.07 Å². The van der Waals surface area contributed by atoms with Crippen molar-refractivity contribution in [1.82, 2.24) is 4.98 Å². The maximum atomic E-state index is 11.4. The van der Waals surface area contributed by atoms with Crippen LogP contribution in [-0.2, 0) is 9.53 Å². The van der Waals surface area contributed by atoms with E-state index >= 15 is 0 Å². The predicted octanol–water partition coefficient (Wildman–Crippen LogP) is 2.50. The summed E-state index contributed by atoms with van der Waals surface area (Å²) in [6, 6.07) is 3.88. The molecule has 0 N–H and O–H groups in total. The van der Waals surface area contributed by atoms with Crippen molar-refractivity contribution in [1.29, 1.82) is 0 Å². The largest absolute Gasteiger partial charge is 0.474 e. The van der Waals surface area contributed by atoms with Crippen LogP contribution in [0.5, 0.6) is 5.88 Å². The summed E-state index contributed by atoms with van der Waals surface area (Å²) in [5.74, 6) is 0.616. The van der Waals surface area contributed by atoms with Crippen molar-refractivity contribution in [3.8, 4) is 5.88 Å². The van der Waals surface area contributed by atoms with Gasteiger partial charge in [-0.15, -0.1) is 0 Å². The van der Waals surface area contributed by atoms with Gasteiger partial charge in [-0.25, -0.2) is 4.98 Å². The van der Waals surface area contributed by atoms with E-state index in [2.05, 4.69) is 4.98 Å². The molecule has 0 aliphatic heterocycles. The van der Waals surface area contributed by atoms with E-state index in [4.69, 9.17) is 9.47 Å². The van der Waals surface area contributed by atoms with Crippen molar-refractivity contribution >= 4 is 5.97 Å². The van der Waals surface area contributed by atoms with Gasteiger partial charge in [0, 0.05) is 12.3 Å². The third kappa shape index (κ3) is 3.22. The topological polar surface area (TPSA) is 48.4 Å². The second kappa shape index (κ2) is 5.85. The summed E-state index contributed by atoms with van der Waals surface area (Å²) in [5, 5.41) is 0. The molecule has 4 heteroatoms. The second-order valence-electron chi connectivity index (χ2n) is 4.79. The molecule has 0 unspecified atom stereocenters. The lowest BCUT2D eigenvalue weighted by molar-refractivity contribution is -0.147. The number of ether oxygens (including phenoxy) is 2. The molecule has 1 aliphatic rings. The van der Waals surface area contributed by atoms with Crippen molar-refractivity contribution in [2.24, 2.45) is 5.92 Å². The van der Waals surface area contributed by atoms with Crippen LogP contribution in [0, 0.1) is 12.8 Å². The van der Waals surface area contributed by atoms with E-state index in [1.165, 1.54) is 7.11 Å². The van der Waals surface area contributed by atoms with Crippen LogP contribution in [0.15, 0.2) is 18.3 Å². The summed E-state index contributed by atoms with van der Waals surface area (Å²) in [4.78, 5) is 15.6. The highest BCUT2D eigenvalue weighted by atomic mass is 16.5. The smallest absolute Gasteiger partial charge is 0.308 e. The van der Waals surface area contributed by atoms with E-state index in [0.29, 0.717) is 5.88 Å². The van der Waals surface area contributed by atoms with Crippen LogP contribution < -0.4 is 4.74 Å². The number of hydrogen-bond donors (Lipinski definition) is 0. The van der Waals surface area contributed by atoms with Crippen molar-refractivity contribution in [3.63, 3.8) is 0 Å². The number of nitrogens with zero attached hydrogens (tertiary/aromatic N) is 1. The zero-order valence-corrected chi connectivity index (χ0v) is 10.9. The van der Waals surface area contributed by atoms with E-state index in [1.54, 1.807) is 6.20 Å². The van der Waals surface area contributed by atoms with Crippen LogP contribution in [-0.4, -0.2) is 24.2 Å². The molecule has 1 saturated carbocycles. The zero-order chi connectivity index (χ0) is 13.0. The third-order valence-electron chi connectivity index (χ3n) is 3.38. The number of esters is 1. The van der Waals surface area contributed by atoms with E-state index in [0.717, 1.165) is 31.2 Å². The highest BCUT2D eigenvalue weighted by molar-refractivity contribution is 5.72. The molecule has 0 radical (unpaired) electrons. The molecular formula is C14H19NO3. The number of carbonyl (C=O) groups is 1. The first-order valence-corrected chi connectivity index (χ1v) is 6.36. The average molecular weight is 249 g/mol. The van der Waals surface area contributed by atoms with Crippen LogP contribution >= 0.6 is 0 Å². The van der Waals surface area contributed by atoms with Gasteiger partial charge in [0.05, 0.1) is 13.0 Å². The quantitative estimate of drug-likeness (QED) is 0.772. The molecule has 0 aromatic carbocycles. The Morgan fingerprint density at radius 1 is 1.28 bits per heavy atom. The lowest BCUT2D eigenvalue weighted by atomic mass is 9.87. The lowest BCUT2D eigenvalue weighted by Crippen LogP contribution is -2.28. The molecule has 1 aromatic rings. The Morgan fingerprint density at radius 2 is 2.00 bits per heavy atom. The molecule has 4 nitrogen and oxygen atoms in total. The van der Waals surface area contributed by atoms with Crippen LogP contribution in [0.25, 0.3) is 0 Å². The molecule has 1 fully saturated rings. The van der Waals surface area contributed by atoms with Gasteiger partial charge in [-0.2, -0.15) is 0 Å². The number of aromatic nitrogens is 1. The highest BCUT2D eigenvalue weighted by Gasteiger charge is 2.27. The standard InChI is InChI=1S/C14H19NO3/c1-10-3-8-13(15-9-10)18-12-6-4-11(5-7-12)14(16)17-2/h3,8-9,11-12H,4-7H2,1-2H3. The molecule has 18 heavy (non-hydrogen) atoms. The SMILES string of the molecule is COC(=O)C1CCC(Oc2ccc(C)cn2)CC1. The highest BCUT2D eigenvalue weighted by Crippen LogP contribution is 2.27. The van der Waals surface area contributed by atoms with Crippen molar-refractivity contribution in [2.45, 2.75) is 38.7 Å². The Bertz CT molecular complexity index is 394. The average Bonchev–Trinajstić information content (AvgIpc) is 2.41. The van der Waals surface area contributed by atoms with Crippen LogP contribution in [0.1, 0.15) is 31.2 Å². The number of rotatable bonds is 3. The molecule has 1 aromatic heterocycles. The minimum Gasteiger partial charge on any atom is -0.474 e. The Balaban J connectivity index is 1.83. The summed E-state index contributed by atoms with van der Waals surface area (Å²) >= 11 is 0. The second-order valence-corrected chi connectivity index (χ2v) is 4.79. The number of methoxy groups -OCH3 is 1. The molecule has 1 aliphatic carbocycles. The van der Waals surface area contributed by atoms with E-state index in [9.17, 15) is 4.79 Å². The van der Waals surface area contributed by atoms with Crippen LogP contribution in [0.4, 0.5) is 0 Å². The Hall–Kier alpha value is -1.58. The van der Waals surface area contributed by atoms with E-state index in [1.807, 2.05) is 19.1 Å². The molecule has 0 saturated heterocycles. The summed E-state index contributed by atoms with van der Waals surface area (Å²) < 4.78 is 10.6. The van der Waals surface area contributed by atoms with Gasteiger partial charge >= 0.3 is 5.97 Å². The third-order valence-corrected chi connectivity index (χ3v) is 3.38. The maximum absolute atomic E-state index is 11.4. The van der Waals surface area contributed by atoms with Gasteiger partial charge in [-0.05, 0) is 38.2 Å². The molecule has 1 heterocycles. The summed E-state index contributed by atoms with van der Waals surface area (Å²) in [6.07, 6.45) is 5.41. The van der Waals surface area contributed by atoms with Gasteiger partial charge in [0.2, 0.25) is 5.88 Å². The van der Waals surface area contributed by atoms with Gasteiger partial charge in [0.1, 0.15) is 6.10 Å². The number of carbonyl (C=O) groups excluding carboxylic acids is 1. The van der Waals surface area contributed by atoms with Crippen molar-refractivity contribution < 1.29 is 14.3 Å². The number of pyridine rings is 1. The maximum Gasteiger partial charge on any atom is 0.308 e. The molecule has 98 valence electrons. The molecule has 0 bridgehead atoms. The lowest BCUT2D eigenvalue weighted by Gasteiger charge is -2.27. The zero-order valence-electron chi connectivity index (χ0n) is 10.9. The minimum absolute atomic E-state index is 0.0424. The summed E-state index contributed by atoms with van der Waals surface area (Å²) in [5.41, 5.74) is 1.12. The Labute approximate surface area is 107 Å². The number of hydrogen-bond acceptors (Lipinski definition) is 4. The first-order chi connectivity index (χ1) is 8.69. The van der Waals surface area contributed by atoms with Gasteiger partial charge in [0.25, 0.3) is 0 Å². The van der Waals surface area contributed by atoms with Gasteiger partial charge in [0.15, 0.2) is 0 Å². The first kappa shape index (κ1) is 12.9. The molecular weight excluding hydrogens is 230 g/mol. The Morgan fingerprint density at radius 3 is 2.56 bits per heavy atom. The molecule has 0 atom stereocenters. The molecule has 2 rings (SSSR count). The fourth-order valence-corrected chi connectivity index (χ4v) is 2.28. The fourth-order valence-electron chi connectivity index (χ4n) is 2.28. The summed E-state index contributed by atoms with van der Waals surface area (Å²) in [6.45, 7) is 2.00. The normalized spacial score (nSPS) is 23.4.